The number of rotatable bonds is 2. The van der Waals surface area contributed by atoms with Gasteiger partial charge in [-0.1, -0.05) is 0 Å². The van der Waals surface area contributed by atoms with Crippen LogP contribution in [0.2, 0.25) is 0 Å². The molecule has 0 amide bonds. The predicted molar refractivity (Wildman–Crippen MR) is 74.6 cm³/mol. The van der Waals surface area contributed by atoms with Gasteiger partial charge in [0.05, 0.1) is 25.2 Å². The monoisotopic (exact) mass is 259 g/mol. The van der Waals surface area contributed by atoms with Crippen molar-refractivity contribution in [1.29, 1.82) is 0 Å². The quantitative estimate of drug-likeness (QED) is 0.809. The number of aromatic nitrogens is 1. The molecule has 1 aromatic rings. The van der Waals surface area contributed by atoms with Gasteiger partial charge in [-0.2, -0.15) is 0 Å². The fourth-order valence-corrected chi connectivity index (χ4v) is 4.44. The van der Waals surface area contributed by atoms with E-state index in [0.717, 1.165) is 18.2 Å². The van der Waals surface area contributed by atoms with Crippen LogP contribution in [0.15, 0.2) is 18.5 Å². The Labute approximate surface area is 114 Å². The number of anilines is 1. The Morgan fingerprint density at radius 2 is 2.11 bits per heavy atom. The average Bonchev–Trinajstić information content (AvgIpc) is 3.16. The second-order valence-electron chi connectivity index (χ2n) is 6.12. The van der Waals surface area contributed by atoms with Crippen LogP contribution in [0.3, 0.4) is 0 Å². The molecule has 19 heavy (non-hydrogen) atoms. The molecule has 4 nitrogen and oxygen atoms in total. The molecule has 1 spiro atoms. The summed E-state index contributed by atoms with van der Waals surface area (Å²) in [7, 11) is 1.70. The SMILES string of the molecule is COc1cncc(N2CCC3(C2)C2CCN3CC2)c1. The van der Waals surface area contributed by atoms with Gasteiger partial charge in [0.1, 0.15) is 5.75 Å². The lowest BCUT2D eigenvalue weighted by Gasteiger charge is -2.32. The topological polar surface area (TPSA) is 28.6 Å². The molecule has 4 heteroatoms. The highest BCUT2D eigenvalue weighted by atomic mass is 16.5. The third kappa shape index (κ3) is 1.59. The van der Waals surface area contributed by atoms with E-state index in [2.05, 4.69) is 20.9 Å². The van der Waals surface area contributed by atoms with E-state index in [-0.39, 0.29) is 0 Å². The van der Waals surface area contributed by atoms with Crippen molar-refractivity contribution in [2.45, 2.75) is 24.8 Å². The first-order valence-corrected chi connectivity index (χ1v) is 7.31. The number of methoxy groups -OCH3 is 1. The number of hydrogen-bond acceptors (Lipinski definition) is 4. The zero-order valence-corrected chi connectivity index (χ0v) is 11.5. The Kier molecular flexibility index (Phi) is 2.49. The molecule has 1 atom stereocenters. The molecular weight excluding hydrogens is 238 g/mol. The van der Waals surface area contributed by atoms with Crippen LogP contribution in [-0.2, 0) is 0 Å². The average molecular weight is 259 g/mol. The van der Waals surface area contributed by atoms with Crippen molar-refractivity contribution < 1.29 is 4.74 Å². The van der Waals surface area contributed by atoms with Crippen LogP contribution in [0.4, 0.5) is 5.69 Å². The Morgan fingerprint density at radius 1 is 1.26 bits per heavy atom. The van der Waals surface area contributed by atoms with Crippen LogP contribution < -0.4 is 9.64 Å². The summed E-state index contributed by atoms with van der Waals surface area (Å²) in [6.07, 6.45) is 7.87. The first-order valence-electron chi connectivity index (χ1n) is 7.31. The van der Waals surface area contributed by atoms with Crippen LogP contribution in [-0.4, -0.2) is 48.7 Å². The number of hydrogen-bond donors (Lipinski definition) is 0. The second-order valence-corrected chi connectivity index (χ2v) is 6.12. The number of ether oxygens (including phenoxy) is 1. The second kappa shape index (κ2) is 4.10. The molecule has 1 unspecified atom stereocenters. The third-order valence-electron chi connectivity index (χ3n) is 5.46. The number of piperidine rings is 1. The van der Waals surface area contributed by atoms with E-state index in [4.69, 9.17) is 4.74 Å². The van der Waals surface area contributed by atoms with Gasteiger partial charge in [-0.05, 0) is 38.3 Å². The molecular formula is C15H21N3O. The lowest BCUT2D eigenvalue weighted by atomic mass is 9.85. The molecule has 0 N–H and O–H groups in total. The lowest BCUT2D eigenvalue weighted by Crippen LogP contribution is -2.44. The van der Waals surface area contributed by atoms with Crippen molar-refractivity contribution in [1.82, 2.24) is 9.88 Å². The van der Waals surface area contributed by atoms with Crippen molar-refractivity contribution in [2.75, 3.05) is 38.2 Å². The summed E-state index contributed by atoms with van der Waals surface area (Å²) in [4.78, 5) is 9.52. The van der Waals surface area contributed by atoms with Crippen LogP contribution in [0, 0.1) is 5.92 Å². The third-order valence-corrected chi connectivity index (χ3v) is 5.46. The molecule has 0 saturated carbocycles. The van der Waals surface area contributed by atoms with Gasteiger partial charge in [-0.25, -0.2) is 0 Å². The summed E-state index contributed by atoms with van der Waals surface area (Å²) in [5.41, 5.74) is 1.69. The van der Waals surface area contributed by atoms with Gasteiger partial charge in [0.25, 0.3) is 0 Å². The van der Waals surface area contributed by atoms with E-state index >= 15 is 0 Å². The summed E-state index contributed by atoms with van der Waals surface area (Å²) in [6.45, 7) is 4.96. The smallest absolute Gasteiger partial charge is 0.139 e. The molecule has 3 saturated heterocycles. The number of nitrogens with zero attached hydrogens (tertiary/aromatic N) is 3. The maximum absolute atomic E-state index is 5.29. The molecule has 4 heterocycles. The first-order chi connectivity index (χ1) is 9.32. The minimum atomic E-state index is 0.475. The maximum Gasteiger partial charge on any atom is 0.139 e. The van der Waals surface area contributed by atoms with Gasteiger partial charge in [0.15, 0.2) is 0 Å². The summed E-state index contributed by atoms with van der Waals surface area (Å²) >= 11 is 0. The molecule has 3 aliphatic rings. The predicted octanol–water partition coefficient (Wildman–Crippen LogP) is 1.76. The van der Waals surface area contributed by atoms with Gasteiger partial charge >= 0.3 is 0 Å². The first kappa shape index (κ1) is 11.5. The minimum absolute atomic E-state index is 0.475. The summed E-state index contributed by atoms with van der Waals surface area (Å²) in [6, 6.07) is 2.11. The Hall–Kier alpha value is -1.29. The summed E-state index contributed by atoms with van der Waals surface area (Å²) in [5, 5.41) is 0. The highest BCUT2D eigenvalue weighted by Crippen LogP contribution is 2.49. The molecule has 102 valence electrons. The fourth-order valence-electron chi connectivity index (χ4n) is 4.44. The molecule has 3 aliphatic heterocycles. The maximum atomic E-state index is 5.29. The molecule has 3 fully saturated rings. The van der Waals surface area contributed by atoms with Crippen molar-refractivity contribution in [2.24, 2.45) is 5.92 Å². The Bertz CT molecular complexity index is 470. The minimum Gasteiger partial charge on any atom is -0.495 e. The van der Waals surface area contributed by atoms with Gasteiger partial charge in [0.2, 0.25) is 0 Å². The standard InChI is InChI=1S/C15H21N3O/c1-19-14-8-13(9-16-10-14)17-7-4-15(11-17)12-2-5-18(15)6-3-12/h8-10,12H,2-7,11H2,1H3. The van der Waals surface area contributed by atoms with E-state index in [0.29, 0.717) is 5.54 Å². The highest BCUT2D eigenvalue weighted by Gasteiger charge is 2.55. The molecule has 4 rings (SSSR count). The van der Waals surface area contributed by atoms with Crippen LogP contribution >= 0.6 is 0 Å². The Balaban J connectivity index is 1.59. The Morgan fingerprint density at radius 3 is 2.79 bits per heavy atom. The van der Waals surface area contributed by atoms with E-state index in [1.165, 1.54) is 44.6 Å². The van der Waals surface area contributed by atoms with Crippen LogP contribution in [0.5, 0.6) is 5.75 Å². The zero-order chi connectivity index (χ0) is 12.9. The largest absolute Gasteiger partial charge is 0.495 e. The summed E-state index contributed by atoms with van der Waals surface area (Å²) < 4.78 is 5.29. The van der Waals surface area contributed by atoms with Crippen molar-refractivity contribution in [3.8, 4) is 5.75 Å². The van der Waals surface area contributed by atoms with Crippen molar-refractivity contribution in [3.05, 3.63) is 18.5 Å². The van der Waals surface area contributed by atoms with Gasteiger partial charge in [0, 0.05) is 24.7 Å². The van der Waals surface area contributed by atoms with E-state index in [1.54, 1.807) is 13.3 Å². The normalized spacial score (nSPS) is 36.4. The molecule has 2 bridgehead atoms. The van der Waals surface area contributed by atoms with Crippen molar-refractivity contribution >= 4 is 5.69 Å². The van der Waals surface area contributed by atoms with E-state index in [1.807, 2.05) is 6.20 Å². The molecule has 0 aromatic carbocycles. The fraction of sp³-hybridized carbons (Fsp3) is 0.667. The van der Waals surface area contributed by atoms with E-state index in [9.17, 15) is 0 Å². The van der Waals surface area contributed by atoms with Gasteiger partial charge in [-0.15, -0.1) is 0 Å². The molecule has 0 aliphatic carbocycles. The highest BCUT2D eigenvalue weighted by molar-refractivity contribution is 5.50. The van der Waals surface area contributed by atoms with Gasteiger partial charge < -0.3 is 9.64 Å². The van der Waals surface area contributed by atoms with Crippen LogP contribution in [0.25, 0.3) is 0 Å². The zero-order valence-electron chi connectivity index (χ0n) is 11.5. The van der Waals surface area contributed by atoms with Gasteiger partial charge in [-0.3, -0.25) is 9.88 Å². The van der Waals surface area contributed by atoms with Crippen molar-refractivity contribution in [3.63, 3.8) is 0 Å². The molecule has 1 aromatic heterocycles. The molecule has 0 radical (unpaired) electrons. The van der Waals surface area contributed by atoms with E-state index < -0.39 is 0 Å². The van der Waals surface area contributed by atoms with Crippen LogP contribution in [0.1, 0.15) is 19.3 Å². The summed E-state index contributed by atoms with van der Waals surface area (Å²) in [5.74, 6) is 1.78. The lowest BCUT2D eigenvalue weighted by molar-refractivity contribution is 0.194. The number of pyridine rings is 1.